The van der Waals surface area contributed by atoms with Gasteiger partial charge in [-0.1, -0.05) is 18.2 Å². The summed E-state index contributed by atoms with van der Waals surface area (Å²) in [5, 5.41) is 17.1. The molecule has 0 spiro atoms. The summed E-state index contributed by atoms with van der Waals surface area (Å²) in [5.74, 6) is -1.69. The molecule has 1 aliphatic rings. The van der Waals surface area contributed by atoms with Crippen LogP contribution in [0.2, 0.25) is 0 Å². The Bertz CT molecular complexity index is 1160. The number of aromatic nitrogens is 1. The number of nitrogens with one attached hydrogen (secondary N) is 2. The number of hydrogen-bond donors (Lipinski definition) is 3. The van der Waals surface area contributed by atoms with Crippen LogP contribution < -0.4 is 10.6 Å². The Hall–Kier alpha value is -3.16. The van der Waals surface area contributed by atoms with E-state index in [1.54, 1.807) is 0 Å². The number of fused-ring (bicyclic) bond motifs is 1. The van der Waals surface area contributed by atoms with Crippen LogP contribution in [0, 0.1) is 18.6 Å². The Labute approximate surface area is 204 Å². The fourth-order valence-corrected chi connectivity index (χ4v) is 4.74. The second-order valence-corrected chi connectivity index (χ2v) is 9.34. The zero-order valence-electron chi connectivity index (χ0n) is 20.0. The molecule has 0 aliphatic heterocycles. The molecule has 2 aromatic carbocycles. The van der Waals surface area contributed by atoms with Crippen molar-refractivity contribution in [2.45, 2.75) is 57.7 Å². The fourth-order valence-electron chi connectivity index (χ4n) is 4.74. The van der Waals surface area contributed by atoms with Crippen LogP contribution in [0.1, 0.15) is 48.1 Å². The van der Waals surface area contributed by atoms with Crippen LogP contribution in [0.15, 0.2) is 54.7 Å². The van der Waals surface area contributed by atoms with Crippen molar-refractivity contribution in [3.8, 4) is 11.3 Å². The number of aryl methyl sites for hydroxylation is 2. The van der Waals surface area contributed by atoms with E-state index in [0.29, 0.717) is 5.56 Å². The minimum absolute atomic E-state index is 0.0448. The SMILES string of the molecule is CC(=O)N[C@@H](Cc1cc(F)cc(F)c1)[C@H](O)CNC1CCCc2ccc(-c3ccc(C)cn3)cc21. The lowest BCUT2D eigenvalue weighted by atomic mass is 9.86. The van der Waals surface area contributed by atoms with Gasteiger partial charge in [-0.2, -0.15) is 0 Å². The maximum absolute atomic E-state index is 13.6. The Morgan fingerprint density at radius 2 is 1.91 bits per heavy atom. The highest BCUT2D eigenvalue weighted by atomic mass is 19.1. The first-order valence-corrected chi connectivity index (χ1v) is 12.0. The van der Waals surface area contributed by atoms with Crippen LogP contribution >= 0.6 is 0 Å². The number of pyridine rings is 1. The minimum atomic E-state index is -0.947. The van der Waals surface area contributed by atoms with Crippen molar-refractivity contribution in [2.75, 3.05) is 6.54 Å². The third kappa shape index (κ3) is 6.50. The Morgan fingerprint density at radius 3 is 2.60 bits per heavy atom. The molecule has 7 heteroatoms. The highest BCUT2D eigenvalue weighted by Crippen LogP contribution is 2.33. The number of hydrogen-bond acceptors (Lipinski definition) is 4. The van der Waals surface area contributed by atoms with Crippen molar-refractivity contribution in [3.63, 3.8) is 0 Å². The quantitative estimate of drug-likeness (QED) is 0.448. The van der Waals surface area contributed by atoms with Crippen LogP contribution in [-0.2, 0) is 17.6 Å². The molecule has 4 rings (SSSR count). The molecule has 0 saturated heterocycles. The van der Waals surface area contributed by atoms with Gasteiger partial charge in [0.25, 0.3) is 0 Å². The van der Waals surface area contributed by atoms with E-state index in [2.05, 4.69) is 33.8 Å². The highest BCUT2D eigenvalue weighted by molar-refractivity contribution is 5.73. The van der Waals surface area contributed by atoms with Gasteiger partial charge >= 0.3 is 0 Å². The number of benzene rings is 2. The van der Waals surface area contributed by atoms with E-state index in [-0.39, 0.29) is 24.9 Å². The van der Waals surface area contributed by atoms with Gasteiger partial charge in [0.1, 0.15) is 11.6 Å². The fraction of sp³-hybridized carbons (Fsp3) is 0.357. The lowest BCUT2D eigenvalue weighted by Crippen LogP contribution is -2.48. The van der Waals surface area contributed by atoms with Crippen molar-refractivity contribution < 1.29 is 18.7 Å². The number of nitrogens with zero attached hydrogens (tertiary/aromatic N) is 1. The second kappa shape index (κ2) is 11.1. The number of carbonyl (C=O) groups is 1. The first-order chi connectivity index (χ1) is 16.8. The smallest absolute Gasteiger partial charge is 0.217 e. The van der Waals surface area contributed by atoms with Gasteiger partial charge in [0.15, 0.2) is 0 Å². The molecule has 35 heavy (non-hydrogen) atoms. The summed E-state index contributed by atoms with van der Waals surface area (Å²) >= 11 is 0. The lowest BCUT2D eigenvalue weighted by molar-refractivity contribution is -0.120. The van der Waals surface area contributed by atoms with E-state index in [9.17, 15) is 18.7 Å². The number of rotatable bonds is 8. The number of halogens is 2. The molecule has 3 N–H and O–H groups in total. The minimum Gasteiger partial charge on any atom is -0.390 e. The Morgan fingerprint density at radius 1 is 1.14 bits per heavy atom. The largest absolute Gasteiger partial charge is 0.390 e. The molecule has 1 amide bonds. The van der Waals surface area contributed by atoms with Crippen LogP contribution in [0.3, 0.4) is 0 Å². The molecule has 0 bridgehead atoms. The van der Waals surface area contributed by atoms with Crippen LogP contribution in [0.4, 0.5) is 8.78 Å². The van der Waals surface area contributed by atoms with Gasteiger partial charge < -0.3 is 15.7 Å². The van der Waals surface area contributed by atoms with E-state index in [1.165, 1.54) is 30.2 Å². The molecule has 3 atom stereocenters. The first kappa shape index (κ1) is 24.9. The van der Waals surface area contributed by atoms with Crippen molar-refractivity contribution in [3.05, 3.63) is 88.6 Å². The summed E-state index contributed by atoms with van der Waals surface area (Å²) in [7, 11) is 0. The average molecular weight is 480 g/mol. The third-order valence-electron chi connectivity index (χ3n) is 6.47. The van der Waals surface area contributed by atoms with Gasteiger partial charge in [0.2, 0.25) is 5.91 Å². The van der Waals surface area contributed by atoms with Gasteiger partial charge in [-0.15, -0.1) is 0 Å². The number of aliphatic hydroxyl groups is 1. The molecule has 5 nitrogen and oxygen atoms in total. The Balaban J connectivity index is 1.48. The van der Waals surface area contributed by atoms with E-state index >= 15 is 0 Å². The molecule has 184 valence electrons. The maximum atomic E-state index is 13.6. The monoisotopic (exact) mass is 479 g/mol. The van der Waals surface area contributed by atoms with E-state index in [1.807, 2.05) is 25.3 Å². The number of amides is 1. The van der Waals surface area contributed by atoms with Crippen LogP contribution in [0.25, 0.3) is 11.3 Å². The van der Waals surface area contributed by atoms with E-state index < -0.39 is 23.8 Å². The number of carbonyl (C=O) groups excluding carboxylic acids is 1. The molecule has 1 aromatic heterocycles. The number of aliphatic hydroxyl groups excluding tert-OH is 1. The standard InChI is InChI=1S/C28H31F2N3O2/c1-17-6-9-25(31-15-17)21-8-7-20-4-3-5-26(24(20)13-21)32-16-28(35)27(33-18(2)34)12-19-10-22(29)14-23(30)11-19/h6-11,13-15,26-28,32,35H,3-5,12,16H2,1-2H3,(H,33,34)/t26?,27-,28+/m0/s1. The molecule has 1 aliphatic carbocycles. The molecule has 0 fully saturated rings. The van der Waals surface area contributed by atoms with Crippen molar-refractivity contribution >= 4 is 5.91 Å². The molecule has 0 saturated carbocycles. The summed E-state index contributed by atoms with van der Waals surface area (Å²) in [6.45, 7) is 3.59. The normalized spacial score (nSPS) is 16.9. The van der Waals surface area contributed by atoms with Crippen molar-refractivity contribution in [1.82, 2.24) is 15.6 Å². The summed E-state index contributed by atoms with van der Waals surface area (Å²) < 4.78 is 27.3. The van der Waals surface area contributed by atoms with Gasteiger partial charge in [0, 0.05) is 37.3 Å². The van der Waals surface area contributed by atoms with Gasteiger partial charge in [-0.3, -0.25) is 9.78 Å². The van der Waals surface area contributed by atoms with E-state index in [0.717, 1.165) is 42.1 Å². The Kier molecular flexibility index (Phi) is 7.88. The average Bonchev–Trinajstić information content (AvgIpc) is 2.81. The van der Waals surface area contributed by atoms with Crippen molar-refractivity contribution in [2.24, 2.45) is 0 Å². The molecular formula is C28H31F2N3O2. The summed E-state index contributed by atoms with van der Waals surface area (Å²) in [5.41, 5.74) is 5.89. The van der Waals surface area contributed by atoms with Crippen molar-refractivity contribution in [1.29, 1.82) is 0 Å². The summed E-state index contributed by atoms with van der Waals surface area (Å²) in [6.07, 6.45) is 3.97. The summed E-state index contributed by atoms with van der Waals surface area (Å²) in [4.78, 5) is 16.3. The molecule has 1 unspecified atom stereocenters. The second-order valence-electron chi connectivity index (χ2n) is 9.34. The van der Waals surface area contributed by atoms with Gasteiger partial charge in [-0.05, 0) is 79.1 Å². The topological polar surface area (TPSA) is 74.2 Å². The predicted octanol–water partition coefficient (Wildman–Crippen LogP) is 4.41. The van der Waals surface area contributed by atoms with Gasteiger partial charge in [-0.25, -0.2) is 8.78 Å². The van der Waals surface area contributed by atoms with E-state index in [4.69, 9.17) is 0 Å². The zero-order chi connectivity index (χ0) is 24.9. The zero-order valence-corrected chi connectivity index (χ0v) is 20.0. The maximum Gasteiger partial charge on any atom is 0.217 e. The predicted molar refractivity (Wildman–Crippen MR) is 132 cm³/mol. The molecule has 0 radical (unpaired) electrons. The highest BCUT2D eigenvalue weighted by Gasteiger charge is 2.25. The van der Waals surface area contributed by atoms with Gasteiger partial charge in [0.05, 0.1) is 17.8 Å². The lowest BCUT2D eigenvalue weighted by Gasteiger charge is -2.30. The molecule has 1 heterocycles. The third-order valence-corrected chi connectivity index (χ3v) is 6.47. The summed E-state index contributed by atoms with van der Waals surface area (Å²) in [6, 6.07) is 13.1. The van der Waals surface area contributed by atoms with Crippen LogP contribution in [-0.4, -0.2) is 34.7 Å². The molecule has 3 aromatic rings. The van der Waals surface area contributed by atoms with Crippen LogP contribution in [0.5, 0.6) is 0 Å². The molecular weight excluding hydrogens is 448 g/mol. The first-order valence-electron chi connectivity index (χ1n) is 12.0.